The van der Waals surface area contributed by atoms with Crippen molar-refractivity contribution in [3.8, 4) is 0 Å². The van der Waals surface area contributed by atoms with Crippen molar-refractivity contribution in [1.82, 2.24) is 0 Å². The van der Waals surface area contributed by atoms with E-state index in [2.05, 4.69) is 31.3 Å². The molecule has 0 bridgehead atoms. The van der Waals surface area contributed by atoms with Crippen LogP contribution in [-0.4, -0.2) is 11.7 Å². The van der Waals surface area contributed by atoms with Gasteiger partial charge < -0.3 is 4.74 Å². The number of nitrogens with one attached hydrogen (secondary N) is 1. The van der Waals surface area contributed by atoms with E-state index in [0.717, 1.165) is 12.1 Å². The second-order valence-corrected chi connectivity index (χ2v) is 6.26. The van der Waals surface area contributed by atoms with Crippen LogP contribution in [0, 0.1) is 5.92 Å². The van der Waals surface area contributed by atoms with E-state index in [0.29, 0.717) is 5.92 Å². The van der Waals surface area contributed by atoms with Gasteiger partial charge in [-0.3, -0.25) is 5.32 Å². The van der Waals surface area contributed by atoms with Gasteiger partial charge in [0.1, 0.15) is 5.60 Å². The SMILES string of the molecule is CC(C)CCc1ccc(NC(=O)OC(C)(C)C)cc1. The summed E-state index contributed by atoms with van der Waals surface area (Å²) in [6.07, 6.45) is 1.84. The third-order valence-electron chi connectivity index (χ3n) is 2.61. The van der Waals surface area contributed by atoms with Crippen LogP contribution in [0.1, 0.15) is 46.6 Å². The molecule has 1 amide bonds. The van der Waals surface area contributed by atoms with E-state index in [9.17, 15) is 4.79 Å². The molecule has 0 aliphatic carbocycles. The van der Waals surface area contributed by atoms with Crippen LogP contribution in [0.4, 0.5) is 10.5 Å². The van der Waals surface area contributed by atoms with E-state index in [1.165, 1.54) is 12.0 Å². The third kappa shape index (κ3) is 6.85. The van der Waals surface area contributed by atoms with Crippen LogP contribution in [0.3, 0.4) is 0 Å². The number of amides is 1. The number of aryl methyl sites for hydroxylation is 1. The highest BCUT2D eigenvalue weighted by Gasteiger charge is 2.15. The minimum atomic E-state index is -0.471. The van der Waals surface area contributed by atoms with Crippen LogP contribution in [0.15, 0.2) is 24.3 Å². The molecule has 0 fully saturated rings. The van der Waals surface area contributed by atoms with Gasteiger partial charge in [-0.15, -0.1) is 0 Å². The van der Waals surface area contributed by atoms with Gasteiger partial charge in [0.25, 0.3) is 0 Å². The Hall–Kier alpha value is -1.51. The molecular weight excluding hydrogens is 238 g/mol. The standard InChI is InChI=1S/C16H25NO2/c1-12(2)6-7-13-8-10-14(11-9-13)17-15(18)19-16(3,4)5/h8-12H,6-7H2,1-5H3,(H,17,18). The molecule has 0 heterocycles. The van der Waals surface area contributed by atoms with Gasteiger partial charge in [0.05, 0.1) is 0 Å². The lowest BCUT2D eigenvalue weighted by Crippen LogP contribution is -2.27. The van der Waals surface area contributed by atoms with Crippen molar-refractivity contribution in [3.63, 3.8) is 0 Å². The predicted octanol–water partition coefficient (Wildman–Crippen LogP) is 4.62. The fraction of sp³-hybridized carbons (Fsp3) is 0.562. The zero-order valence-corrected chi connectivity index (χ0v) is 12.6. The molecule has 19 heavy (non-hydrogen) atoms. The monoisotopic (exact) mass is 263 g/mol. The summed E-state index contributed by atoms with van der Waals surface area (Å²) < 4.78 is 5.20. The normalized spacial score (nSPS) is 11.5. The first-order chi connectivity index (χ1) is 8.76. The molecule has 1 N–H and O–H groups in total. The van der Waals surface area contributed by atoms with Crippen LogP contribution >= 0.6 is 0 Å². The van der Waals surface area contributed by atoms with Crippen LogP contribution in [0.5, 0.6) is 0 Å². The third-order valence-corrected chi connectivity index (χ3v) is 2.61. The van der Waals surface area contributed by atoms with Gasteiger partial charge in [0.15, 0.2) is 0 Å². The summed E-state index contributed by atoms with van der Waals surface area (Å²) in [6.45, 7) is 9.99. The number of carbonyl (C=O) groups excluding carboxylic acids is 1. The lowest BCUT2D eigenvalue weighted by molar-refractivity contribution is 0.0636. The molecule has 106 valence electrons. The lowest BCUT2D eigenvalue weighted by Gasteiger charge is -2.19. The molecule has 0 radical (unpaired) electrons. The molecule has 3 heteroatoms. The van der Waals surface area contributed by atoms with Gasteiger partial charge in [-0.1, -0.05) is 26.0 Å². The molecule has 0 aromatic heterocycles. The Morgan fingerprint density at radius 2 is 1.79 bits per heavy atom. The maximum Gasteiger partial charge on any atom is 0.412 e. The van der Waals surface area contributed by atoms with Crippen LogP contribution in [0.25, 0.3) is 0 Å². The molecule has 0 atom stereocenters. The molecule has 0 spiro atoms. The summed E-state index contributed by atoms with van der Waals surface area (Å²) >= 11 is 0. The van der Waals surface area contributed by atoms with Crippen LogP contribution < -0.4 is 5.32 Å². The Kier molecular flexibility index (Phi) is 5.40. The number of carbonyl (C=O) groups is 1. The van der Waals surface area contributed by atoms with E-state index < -0.39 is 11.7 Å². The summed E-state index contributed by atoms with van der Waals surface area (Å²) in [4.78, 5) is 11.6. The highest BCUT2D eigenvalue weighted by Crippen LogP contribution is 2.15. The summed E-state index contributed by atoms with van der Waals surface area (Å²) in [6, 6.07) is 7.93. The van der Waals surface area contributed by atoms with Crippen LogP contribution in [0.2, 0.25) is 0 Å². The molecular formula is C16H25NO2. The summed E-state index contributed by atoms with van der Waals surface area (Å²) in [5.74, 6) is 0.708. The maximum absolute atomic E-state index is 11.6. The highest BCUT2D eigenvalue weighted by molar-refractivity contribution is 5.84. The number of rotatable bonds is 4. The predicted molar refractivity (Wildman–Crippen MR) is 79.5 cm³/mol. The molecule has 1 aromatic rings. The molecule has 3 nitrogen and oxygen atoms in total. The van der Waals surface area contributed by atoms with Crippen molar-refractivity contribution in [2.75, 3.05) is 5.32 Å². The fourth-order valence-electron chi connectivity index (χ4n) is 1.63. The summed E-state index contributed by atoms with van der Waals surface area (Å²) in [5, 5.41) is 2.73. The van der Waals surface area contributed by atoms with E-state index >= 15 is 0 Å². The van der Waals surface area contributed by atoms with E-state index in [1.54, 1.807) is 0 Å². The highest BCUT2D eigenvalue weighted by atomic mass is 16.6. The smallest absolute Gasteiger partial charge is 0.412 e. The van der Waals surface area contributed by atoms with Crippen molar-refractivity contribution in [2.45, 2.75) is 53.1 Å². The zero-order valence-electron chi connectivity index (χ0n) is 12.6. The topological polar surface area (TPSA) is 38.3 Å². The van der Waals surface area contributed by atoms with Gasteiger partial charge in [0, 0.05) is 5.69 Å². The second kappa shape index (κ2) is 6.60. The fourth-order valence-corrected chi connectivity index (χ4v) is 1.63. The molecule has 0 unspecified atom stereocenters. The minimum Gasteiger partial charge on any atom is -0.444 e. The molecule has 1 rings (SSSR count). The van der Waals surface area contributed by atoms with Gasteiger partial charge >= 0.3 is 6.09 Å². The Morgan fingerprint density at radius 3 is 2.26 bits per heavy atom. The zero-order chi connectivity index (χ0) is 14.5. The Morgan fingerprint density at radius 1 is 1.21 bits per heavy atom. The first-order valence-corrected chi connectivity index (χ1v) is 6.85. The van der Waals surface area contributed by atoms with E-state index in [-0.39, 0.29) is 0 Å². The second-order valence-electron chi connectivity index (χ2n) is 6.26. The quantitative estimate of drug-likeness (QED) is 0.860. The molecule has 0 aliphatic heterocycles. The number of hydrogen-bond donors (Lipinski definition) is 1. The van der Waals surface area contributed by atoms with Crippen molar-refractivity contribution >= 4 is 11.8 Å². The van der Waals surface area contributed by atoms with Gasteiger partial charge in [-0.2, -0.15) is 0 Å². The first-order valence-electron chi connectivity index (χ1n) is 6.85. The molecule has 1 aromatic carbocycles. The van der Waals surface area contributed by atoms with Crippen LogP contribution in [-0.2, 0) is 11.2 Å². The summed E-state index contributed by atoms with van der Waals surface area (Å²) in [5.41, 5.74) is 1.59. The lowest BCUT2D eigenvalue weighted by atomic mass is 10.0. The van der Waals surface area contributed by atoms with Crippen molar-refractivity contribution in [2.24, 2.45) is 5.92 Å². The van der Waals surface area contributed by atoms with E-state index in [4.69, 9.17) is 4.74 Å². The van der Waals surface area contributed by atoms with Gasteiger partial charge in [0.2, 0.25) is 0 Å². The number of benzene rings is 1. The largest absolute Gasteiger partial charge is 0.444 e. The maximum atomic E-state index is 11.6. The Bertz CT molecular complexity index is 402. The summed E-state index contributed by atoms with van der Waals surface area (Å²) in [7, 11) is 0. The number of hydrogen-bond acceptors (Lipinski definition) is 2. The van der Waals surface area contributed by atoms with Gasteiger partial charge in [-0.05, 0) is 57.2 Å². The average molecular weight is 263 g/mol. The van der Waals surface area contributed by atoms with Crippen molar-refractivity contribution in [1.29, 1.82) is 0 Å². The molecule has 0 saturated heterocycles. The molecule has 0 aliphatic rings. The Balaban J connectivity index is 2.50. The number of anilines is 1. The first kappa shape index (κ1) is 15.5. The van der Waals surface area contributed by atoms with E-state index in [1.807, 2.05) is 32.9 Å². The van der Waals surface area contributed by atoms with Crippen molar-refractivity contribution < 1.29 is 9.53 Å². The molecule has 0 saturated carbocycles. The minimum absolute atomic E-state index is 0.414. The Labute approximate surface area is 116 Å². The average Bonchev–Trinajstić information content (AvgIpc) is 2.25. The van der Waals surface area contributed by atoms with Crippen molar-refractivity contribution in [3.05, 3.63) is 29.8 Å². The van der Waals surface area contributed by atoms with Gasteiger partial charge in [-0.25, -0.2) is 4.79 Å². The number of ether oxygens (including phenoxy) is 1.